The lowest BCUT2D eigenvalue weighted by molar-refractivity contribution is 0.153. The number of hydrogen-bond donors (Lipinski definition) is 2. The SMILES string of the molecule is CCCCCCC/C=C\CCCCCCCC(O)CCC=NO. The fraction of sp³-hybridized carbons (Fsp3) is 0.850. The number of oxime groups is 1. The Bertz CT molecular complexity index is 277. The fourth-order valence-electron chi connectivity index (χ4n) is 2.74. The maximum absolute atomic E-state index is 9.71. The van der Waals surface area contributed by atoms with E-state index in [1.54, 1.807) is 0 Å². The molecule has 2 N–H and O–H groups in total. The van der Waals surface area contributed by atoms with Gasteiger partial charge in [-0.05, 0) is 44.9 Å². The number of allylic oxidation sites excluding steroid dienone is 2. The molecule has 0 aromatic heterocycles. The van der Waals surface area contributed by atoms with E-state index in [9.17, 15) is 5.11 Å². The smallest absolute Gasteiger partial charge is 0.0543 e. The van der Waals surface area contributed by atoms with E-state index in [0.717, 1.165) is 12.8 Å². The van der Waals surface area contributed by atoms with E-state index in [0.29, 0.717) is 12.8 Å². The minimum absolute atomic E-state index is 0.242. The van der Waals surface area contributed by atoms with Crippen LogP contribution in [0.2, 0.25) is 0 Å². The van der Waals surface area contributed by atoms with Crippen molar-refractivity contribution in [1.82, 2.24) is 0 Å². The van der Waals surface area contributed by atoms with E-state index in [2.05, 4.69) is 24.2 Å². The molecular formula is C20H39NO2. The number of nitrogens with zero attached hydrogens (tertiary/aromatic N) is 1. The molecule has 0 spiro atoms. The van der Waals surface area contributed by atoms with Crippen LogP contribution in [0.15, 0.2) is 17.3 Å². The van der Waals surface area contributed by atoms with Crippen molar-refractivity contribution in [2.24, 2.45) is 5.16 Å². The van der Waals surface area contributed by atoms with Crippen LogP contribution in [-0.2, 0) is 0 Å². The highest BCUT2D eigenvalue weighted by Gasteiger charge is 2.02. The van der Waals surface area contributed by atoms with Crippen molar-refractivity contribution in [3.63, 3.8) is 0 Å². The van der Waals surface area contributed by atoms with Crippen LogP contribution in [0, 0.1) is 0 Å². The molecule has 3 nitrogen and oxygen atoms in total. The van der Waals surface area contributed by atoms with Gasteiger partial charge >= 0.3 is 0 Å². The first-order valence-electron chi connectivity index (χ1n) is 9.80. The van der Waals surface area contributed by atoms with Crippen LogP contribution >= 0.6 is 0 Å². The molecule has 136 valence electrons. The Morgan fingerprint density at radius 3 is 1.91 bits per heavy atom. The molecule has 0 radical (unpaired) electrons. The normalized spacial score (nSPS) is 13.3. The van der Waals surface area contributed by atoms with Crippen molar-refractivity contribution in [3.05, 3.63) is 12.2 Å². The number of rotatable bonds is 17. The maximum Gasteiger partial charge on any atom is 0.0543 e. The highest BCUT2D eigenvalue weighted by molar-refractivity contribution is 5.55. The summed E-state index contributed by atoms with van der Waals surface area (Å²) in [5.74, 6) is 0. The second kappa shape index (κ2) is 19.2. The Labute approximate surface area is 143 Å². The predicted molar refractivity (Wildman–Crippen MR) is 100 cm³/mol. The average molecular weight is 326 g/mol. The molecular weight excluding hydrogens is 286 g/mol. The monoisotopic (exact) mass is 325 g/mol. The highest BCUT2D eigenvalue weighted by atomic mass is 16.4. The molecule has 1 unspecified atom stereocenters. The molecule has 0 aliphatic carbocycles. The van der Waals surface area contributed by atoms with E-state index in [1.165, 1.54) is 76.8 Å². The third kappa shape index (κ3) is 19.1. The predicted octanol–water partition coefficient (Wildman–Crippen LogP) is 6.23. The molecule has 0 aromatic carbocycles. The van der Waals surface area contributed by atoms with Gasteiger partial charge in [0, 0.05) is 6.21 Å². The van der Waals surface area contributed by atoms with Crippen molar-refractivity contribution in [1.29, 1.82) is 0 Å². The highest BCUT2D eigenvalue weighted by Crippen LogP contribution is 2.11. The van der Waals surface area contributed by atoms with Gasteiger partial charge in [0.05, 0.1) is 6.10 Å². The first-order valence-corrected chi connectivity index (χ1v) is 9.80. The van der Waals surface area contributed by atoms with E-state index < -0.39 is 0 Å². The quantitative estimate of drug-likeness (QED) is 0.109. The minimum Gasteiger partial charge on any atom is -0.411 e. The van der Waals surface area contributed by atoms with Crippen LogP contribution in [0.5, 0.6) is 0 Å². The molecule has 1 atom stereocenters. The summed E-state index contributed by atoms with van der Waals surface area (Å²) < 4.78 is 0. The van der Waals surface area contributed by atoms with Gasteiger partial charge in [0.25, 0.3) is 0 Å². The van der Waals surface area contributed by atoms with Crippen LogP contribution in [-0.4, -0.2) is 22.6 Å². The summed E-state index contributed by atoms with van der Waals surface area (Å²) in [6.07, 6.45) is 23.6. The van der Waals surface area contributed by atoms with Crippen molar-refractivity contribution >= 4 is 6.21 Å². The maximum atomic E-state index is 9.71. The standard InChI is InChI=1S/C20H39NO2/c1-2-3-4-5-6-7-8-9-10-11-12-13-14-15-17-20(22)18-16-19-21-23/h8-9,19-20,22-23H,2-7,10-18H2,1H3/b9-8-,21-19?. The molecule has 0 aliphatic heterocycles. The molecule has 0 saturated carbocycles. The second-order valence-electron chi connectivity index (χ2n) is 6.55. The van der Waals surface area contributed by atoms with Crippen LogP contribution in [0.25, 0.3) is 0 Å². The van der Waals surface area contributed by atoms with Gasteiger partial charge in [-0.25, -0.2) is 0 Å². The number of aliphatic hydroxyl groups excluding tert-OH is 1. The number of unbranched alkanes of at least 4 members (excludes halogenated alkanes) is 10. The Morgan fingerprint density at radius 2 is 1.30 bits per heavy atom. The minimum atomic E-state index is -0.242. The summed E-state index contributed by atoms with van der Waals surface area (Å²) in [6, 6.07) is 0. The first-order chi connectivity index (χ1) is 11.3. The zero-order valence-electron chi connectivity index (χ0n) is 15.3. The lowest BCUT2D eigenvalue weighted by Gasteiger charge is -2.08. The summed E-state index contributed by atoms with van der Waals surface area (Å²) in [5.41, 5.74) is 0. The van der Waals surface area contributed by atoms with Crippen molar-refractivity contribution in [2.45, 2.75) is 109 Å². The van der Waals surface area contributed by atoms with E-state index in [4.69, 9.17) is 5.21 Å². The van der Waals surface area contributed by atoms with Gasteiger partial charge in [-0.1, -0.05) is 70.4 Å². The van der Waals surface area contributed by atoms with Crippen molar-refractivity contribution in [3.8, 4) is 0 Å². The summed E-state index contributed by atoms with van der Waals surface area (Å²) in [5, 5.41) is 20.9. The molecule has 0 aromatic rings. The van der Waals surface area contributed by atoms with Crippen molar-refractivity contribution in [2.75, 3.05) is 0 Å². The van der Waals surface area contributed by atoms with Gasteiger partial charge < -0.3 is 10.3 Å². The van der Waals surface area contributed by atoms with Gasteiger partial charge in [0.15, 0.2) is 0 Å². The Hall–Kier alpha value is -0.830. The lowest BCUT2D eigenvalue weighted by atomic mass is 10.0. The zero-order valence-corrected chi connectivity index (χ0v) is 15.3. The van der Waals surface area contributed by atoms with Gasteiger partial charge in [-0.3, -0.25) is 0 Å². The first kappa shape index (κ1) is 22.2. The van der Waals surface area contributed by atoms with Crippen LogP contribution in [0.3, 0.4) is 0 Å². The topological polar surface area (TPSA) is 52.8 Å². The van der Waals surface area contributed by atoms with Gasteiger partial charge in [-0.15, -0.1) is 5.16 Å². The second-order valence-corrected chi connectivity index (χ2v) is 6.55. The third-order valence-corrected chi connectivity index (χ3v) is 4.26. The Morgan fingerprint density at radius 1 is 0.739 bits per heavy atom. The molecule has 0 amide bonds. The van der Waals surface area contributed by atoms with Crippen LogP contribution < -0.4 is 0 Å². The largest absolute Gasteiger partial charge is 0.411 e. The van der Waals surface area contributed by atoms with E-state index in [-0.39, 0.29) is 6.10 Å². The molecule has 0 heterocycles. The lowest BCUT2D eigenvalue weighted by Crippen LogP contribution is -2.06. The van der Waals surface area contributed by atoms with Crippen LogP contribution in [0.4, 0.5) is 0 Å². The molecule has 0 aliphatic rings. The summed E-state index contributed by atoms with van der Waals surface area (Å²) in [4.78, 5) is 0. The molecule has 0 rings (SSSR count). The fourth-order valence-corrected chi connectivity index (χ4v) is 2.74. The summed E-state index contributed by atoms with van der Waals surface area (Å²) in [7, 11) is 0. The van der Waals surface area contributed by atoms with E-state index >= 15 is 0 Å². The molecule has 0 bridgehead atoms. The number of hydrogen-bond acceptors (Lipinski definition) is 3. The Balaban J connectivity index is 3.18. The molecule has 3 heteroatoms. The Kier molecular flexibility index (Phi) is 18.5. The molecule has 23 heavy (non-hydrogen) atoms. The average Bonchev–Trinajstić information content (AvgIpc) is 2.55. The van der Waals surface area contributed by atoms with Gasteiger partial charge in [0.2, 0.25) is 0 Å². The molecule has 0 saturated heterocycles. The van der Waals surface area contributed by atoms with Gasteiger partial charge in [0.1, 0.15) is 0 Å². The van der Waals surface area contributed by atoms with Crippen LogP contribution in [0.1, 0.15) is 103 Å². The third-order valence-electron chi connectivity index (χ3n) is 4.26. The molecule has 0 fully saturated rings. The summed E-state index contributed by atoms with van der Waals surface area (Å²) in [6.45, 7) is 2.26. The summed E-state index contributed by atoms with van der Waals surface area (Å²) >= 11 is 0. The number of aliphatic hydroxyl groups is 1. The van der Waals surface area contributed by atoms with Gasteiger partial charge in [-0.2, -0.15) is 0 Å². The van der Waals surface area contributed by atoms with Crippen molar-refractivity contribution < 1.29 is 10.3 Å². The van der Waals surface area contributed by atoms with E-state index in [1.807, 2.05) is 0 Å². The zero-order chi connectivity index (χ0) is 17.0.